The van der Waals surface area contributed by atoms with Crippen LogP contribution < -0.4 is 15.1 Å². The molecule has 0 spiro atoms. The summed E-state index contributed by atoms with van der Waals surface area (Å²) in [6.45, 7) is 3.00. The lowest BCUT2D eigenvalue weighted by molar-refractivity contribution is -0.892. The maximum absolute atomic E-state index is 12.9. The first kappa shape index (κ1) is 19.9. The Kier molecular flexibility index (Phi) is 6.25. The molecule has 1 fully saturated rings. The van der Waals surface area contributed by atoms with Crippen molar-refractivity contribution in [2.45, 2.75) is 6.18 Å². The van der Waals surface area contributed by atoms with Crippen LogP contribution >= 0.6 is 22.6 Å². The van der Waals surface area contributed by atoms with Gasteiger partial charge in [-0.25, -0.2) is 0 Å². The number of hydrogen-bond donors (Lipinski definition) is 2. The van der Waals surface area contributed by atoms with Crippen molar-refractivity contribution in [3.8, 4) is 0 Å². The van der Waals surface area contributed by atoms with Gasteiger partial charge in [-0.15, -0.1) is 0 Å². The molecular weight excluding hydrogens is 470 g/mol. The van der Waals surface area contributed by atoms with Crippen molar-refractivity contribution in [2.75, 3.05) is 42.9 Å². The molecule has 2 aromatic rings. The summed E-state index contributed by atoms with van der Waals surface area (Å²) in [6.07, 6.45) is -4.34. The fraction of sp³-hybridized carbons (Fsp3) is 0.316. The Labute approximate surface area is 169 Å². The molecule has 1 amide bonds. The molecule has 0 aromatic heterocycles. The van der Waals surface area contributed by atoms with Crippen molar-refractivity contribution in [2.24, 2.45) is 0 Å². The Bertz CT molecular complexity index is 788. The smallest absolute Gasteiger partial charge is 0.360 e. The topological polar surface area (TPSA) is 36.8 Å². The van der Waals surface area contributed by atoms with Gasteiger partial charge in [0.1, 0.15) is 0 Å². The van der Waals surface area contributed by atoms with Gasteiger partial charge in [-0.05, 0) is 65.1 Å². The molecule has 2 N–H and O–H groups in total. The minimum atomic E-state index is -4.34. The molecule has 0 bridgehead atoms. The third-order valence-corrected chi connectivity index (χ3v) is 5.27. The average molecular weight is 490 g/mol. The van der Waals surface area contributed by atoms with E-state index in [1.54, 1.807) is 6.07 Å². The number of alkyl halides is 3. The summed E-state index contributed by atoms with van der Waals surface area (Å²) in [6, 6.07) is 13.0. The van der Waals surface area contributed by atoms with Gasteiger partial charge in [-0.3, -0.25) is 4.79 Å². The molecule has 3 rings (SSSR count). The normalized spacial score (nSPS) is 15.6. The zero-order valence-electron chi connectivity index (χ0n) is 14.5. The molecular formula is C19H20F3IN3O+. The number of nitrogens with one attached hydrogen (secondary N) is 2. The number of quaternary nitrogens is 1. The number of carbonyl (C=O) groups excluding carboxylic acids is 1. The van der Waals surface area contributed by atoms with E-state index in [9.17, 15) is 18.0 Å². The minimum Gasteiger partial charge on any atom is -0.360 e. The van der Waals surface area contributed by atoms with Gasteiger partial charge in [0.25, 0.3) is 5.91 Å². The molecule has 0 saturated carbocycles. The van der Waals surface area contributed by atoms with Crippen molar-refractivity contribution in [1.82, 2.24) is 0 Å². The van der Waals surface area contributed by atoms with Crippen molar-refractivity contribution in [3.63, 3.8) is 0 Å². The molecule has 8 heteroatoms. The highest BCUT2D eigenvalue weighted by molar-refractivity contribution is 14.1. The number of amides is 1. The minimum absolute atomic E-state index is 0.0567. The molecule has 1 heterocycles. The first-order chi connectivity index (χ1) is 12.8. The van der Waals surface area contributed by atoms with Crippen LogP contribution in [0.3, 0.4) is 0 Å². The van der Waals surface area contributed by atoms with Gasteiger partial charge in [0.2, 0.25) is 0 Å². The summed E-state index contributed by atoms with van der Waals surface area (Å²) in [4.78, 5) is 15.3. The number of piperazine rings is 1. The Hall–Kier alpha value is -1.81. The zero-order valence-corrected chi connectivity index (χ0v) is 16.7. The lowest BCUT2D eigenvalue weighted by Crippen LogP contribution is -3.15. The van der Waals surface area contributed by atoms with Crippen LogP contribution in [0.25, 0.3) is 0 Å². The highest BCUT2D eigenvalue weighted by Gasteiger charge is 2.31. The van der Waals surface area contributed by atoms with Crippen LogP contribution in [-0.4, -0.2) is 38.6 Å². The van der Waals surface area contributed by atoms with Crippen molar-refractivity contribution in [3.05, 3.63) is 57.7 Å². The number of anilines is 2. The predicted octanol–water partition coefficient (Wildman–Crippen LogP) is 2.65. The molecule has 144 valence electrons. The van der Waals surface area contributed by atoms with Crippen molar-refractivity contribution in [1.29, 1.82) is 0 Å². The van der Waals surface area contributed by atoms with E-state index in [1.807, 2.05) is 29.2 Å². The Morgan fingerprint density at radius 2 is 1.78 bits per heavy atom. The number of halogens is 4. The Morgan fingerprint density at radius 3 is 2.41 bits per heavy atom. The largest absolute Gasteiger partial charge is 0.416 e. The van der Waals surface area contributed by atoms with Crippen LogP contribution in [0.2, 0.25) is 0 Å². The second-order valence-electron chi connectivity index (χ2n) is 6.52. The van der Waals surface area contributed by atoms with Crippen LogP contribution in [0.15, 0.2) is 48.5 Å². The van der Waals surface area contributed by atoms with Gasteiger partial charge in [0.05, 0.1) is 31.7 Å². The predicted molar refractivity (Wildman–Crippen MR) is 107 cm³/mol. The van der Waals surface area contributed by atoms with Crippen LogP contribution in [-0.2, 0) is 11.0 Å². The SMILES string of the molecule is O=C(C[NH+]1CCN(c2cccc(C(F)(F)F)c2)CC1)Nc1ccc(I)cc1. The van der Waals surface area contributed by atoms with E-state index in [4.69, 9.17) is 0 Å². The first-order valence-electron chi connectivity index (χ1n) is 8.62. The summed E-state index contributed by atoms with van der Waals surface area (Å²) >= 11 is 2.20. The van der Waals surface area contributed by atoms with Gasteiger partial charge in [-0.2, -0.15) is 13.2 Å². The first-order valence-corrected chi connectivity index (χ1v) is 9.70. The summed E-state index contributed by atoms with van der Waals surface area (Å²) < 4.78 is 39.7. The van der Waals surface area contributed by atoms with Gasteiger partial charge in [0, 0.05) is 14.9 Å². The van der Waals surface area contributed by atoms with Crippen molar-refractivity contribution >= 4 is 39.9 Å². The lowest BCUT2D eigenvalue weighted by atomic mass is 10.1. The fourth-order valence-corrected chi connectivity index (χ4v) is 3.46. The molecule has 2 aromatic carbocycles. The van der Waals surface area contributed by atoms with E-state index >= 15 is 0 Å². The molecule has 0 unspecified atom stereocenters. The zero-order chi connectivity index (χ0) is 19.4. The van der Waals surface area contributed by atoms with E-state index in [0.29, 0.717) is 38.4 Å². The van der Waals surface area contributed by atoms with E-state index in [-0.39, 0.29) is 5.91 Å². The van der Waals surface area contributed by atoms with Gasteiger partial charge < -0.3 is 15.1 Å². The number of nitrogens with zero attached hydrogens (tertiary/aromatic N) is 1. The molecule has 27 heavy (non-hydrogen) atoms. The van der Waals surface area contributed by atoms with E-state index in [1.165, 1.54) is 12.1 Å². The van der Waals surface area contributed by atoms with Crippen molar-refractivity contribution < 1.29 is 22.9 Å². The Balaban J connectivity index is 1.51. The molecule has 0 atom stereocenters. The maximum atomic E-state index is 12.9. The third-order valence-electron chi connectivity index (χ3n) is 4.55. The lowest BCUT2D eigenvalue weighted by Gasteiger charge is -2.33. The quantitative estimate of drug-likeness (QED) is 0.648. The van der Waals surface area contributed by atoms with Gasteiger partial charge in [0.15, 0.2) is 6.54 Å². The van der Waals surface area contributed by atoms with Crippen LogP contribution in [0.4, 0.5) is 24.5 Å². The number of benzene rings is 2. The number of rotatable bonds is 4. The fourth-order valence-electron chi connectivity index (χ4n) is 3.10. The van der Waals surface area contributed by atoms with Crippen LogP contribution in [0, 0.1) is 3.57 Å². The second kappa shape index (κ2) is 8.47. The molecule has 1 saturated heterocycles. The molecule has 1 aliphatic heterocycles. The monoisotopic (exact) mass is 490 g/mol. The molecule has 0 radical (unpaired) electrons. The van der Waals surface area contributed by atoms with E-state index in [2.05, 4.69) is 27.9 Å². The molecule has 0 aliphatic carbocycles. The standard InChI is InChI=1S/C19H19F3IN3O/c20-19(21,22)14-2-1-3-17(12-14)26-10-8-25(9-11-26)13-18(27)24-16-6-4-15(23)5-7-16/h1-7,12H,8-11,13H2,(H,24,27)/p+1. The number of carbonyl (C=O) groups is 1. The third kappa shape index (κ3) is 5.58. The Morgan fingerprint density at radius 1 is 1.11 bits per heavy atom. The summed E-state index contributed by atoms with van der Waals surface area (Å²) in [5, 5.41) is 2.88. The van der Waals surface area contributed by atoms with E-state index in [0.717, 1.165) is 20.2 Å². The summed E-state index contributed by atoms with van der Waals surface area (Å²) in [5.41, 5.74) is 0.710. The second-order valence-corrected chi connectivity index (χ2v) is 7.76. The van der Waals surface area contributed by atoms with Crippen LogP contribution in [0.5, 0.6) is 0 Å². The summed E-state index contributed by atoms with van der Waals surface area (Å²) in [7, 11) is 0. The summed E-state index contributed by atoms with van der Waals surface area (Å²) in [5.74, 6) is -0.0567. The highest BCUT2D eigenvalue weighted by Crippen LogP contribution is 2.31. The van der Waals surface area contributed by atoms with Gasteiger partial charge >= 0.3 is 6.18 Å². The highest BCUT2D eigenvalue weighted by atomic mass is 127. The molecule has 1 aliphatic rings. The van der Waals surface area contributed by atoms with E-state index < -0.39 is 11.7 Å². The molecule has 4 nitrogen and oxygen atoms in total. The van der Waals surface area contributed by atoms with Gasteiger partial charge in [-0.1, -0.05) is 6.07 Å². The number of hydrogen-bond acceptors (Lipinski definition) is 2. The van der Waals surface area contributed by atoms with Crippen LogP contribution in [0.1, 0.15) is 5.56 Å². The average Bonchev–Trinajstić information content (AvgIpc) is 2.64. The maximum Gasteiger partial charge on any atom is 0.416 e.